The topological polar surface area (TPSA) is 104 Å². The quantitative estimate of drug-likeness (QED) is 0.381. The van der Waals surface area contributed by atoms with Crippen LogP contribution in [0.4, 0.5) is 16.2 Å². The van der Waals surface area contributed by atoms with Crippen LogP contribution in [0.25, 0.3) is 5.70 Å². The average molecular weight is 501 g/mol. The van der Waals surface area contributed by atoms with E-state index in [9.17, 15) is 10.1 Å². The standard InChI is InChI=1S/C28H32N6O3/c1-19-24(32-27(35)36-18-28(2,3)33(4)5)17-34-26(19)25(20(15-29)16-30-34)31-21-11-13-23(14-12-21)37-22-9-7-6-8-10-22/h6-14,17,30-31H,16,18H2,1-5H3,(H,32,35). The number of nitriles is 1. The lowest BCUT2D eigenvalue weighted by molar-refractivity contribution is 0.0775. The van der Waals surface area contributed by atoms with Crippen molar-refractivity contribution in [1.82, 2.24) is 9.58 Å². The molecular weight excluding hydrogens is 468 g/mol. The summed E-state index contributed by atoms with van der Waals surface area (Å²) in [5, 5.41) is 16.0. The van der Waals surface area contributed by atoms with Gasteiger partial charge in [0.2, 0.25) is 0 Å². The van der Waals surface area contributed by atoms with Gasteiger partial charge in [0.25, 0.3) is 0 Å². The number of carbonyl (C=O) groups is 1. The Bertz CT molecular complexity index is 1330. The van der Waals surface area contributed by atoms with E-state index in [1.165, 1.54) is 0 Å². The molecule has 0 spiro atoms. The summed E-state index contributed by atoms with van der Waals surface area (Å²) in [6, 6.07) is 19.4. The number of nitrogens with zero attached hydrogens (tertiary/aromatic N) is 3. The summed E-state index contributed by atoms with van der Waals surface area (Å²) < 4.78 is 13.1. The zero-order valence-electron chi connectivity index (χ0n) is 21.8. The molecule has 0 saturated heterocycles. The minimum Gasteiger partial charge on any atom is -0.457 e. The number of likely N-dealkylation sites (N-methyl/N-ethyl adjacent to an activating group) is 1. The van der Waals surface area contributed by atoms with Crippen molar-refractivity contribution in [2.45, 2.75) is 26.3 Å². The van der Waals surface area contributed by atoms with Crippen LogP contribution in [0.5, 0.6) is 11.5 Å². The molecule has 0 atom stereocenters. The Balaban J connectivity index is 1.51. The Labute approximate surface area is 217 Å². The highest BCUT2D eigenvalue weighted by atomic mass is 16.5. The van der Waals surface area contributed by atoms with Crippen molar-refractivity contribution in [1.29, 1.82) is 5.26 Å². The van der Waals surface area contributed by atoms with Crippen molar-refractivity contribution in [3.05, 3.63) is 77.6 Å². The Morgan fingerprint density at radius 3 is 2.46 bits per heavy atom. The summed E-state index contributed by atoms with van der Waals surface area (Å²) in [5.41, 5.74) is 7.09. The first kappa shape index (κ1) is 25.7. The maximum Gasteiger partial charge on any atom is 0.411 e. The number of carbonyl (C=O) groups excluding carboxylic acids is 1. The van der Waals surface area contributed by atoms with Gasteiger partial charge in [-0.25, -0.2) is 4.79 Å². The minimum absolute atomic E-state index is 0.242. The van der Waals surface area contributed by atoms with Crippen LogP contribution in [0, 0.1) is 18.3 Å². The molecule has 37 heavy (non-hydrogen) atoms. The SMILES string of the molecule is Cc1c(NC(=O)OCC(C)(C)N(C)C)cn2c1C(Nc1ccc(Oc3ccccc3)cc1)=C(C#N)CN2. The zero-order chi connectivity index (χ0) is 26.6. The number of fused-ring (bicyclic) bond motifs is 1. The molecule has 0 aliphatic carbocycles. The zero-order valence-corrected chi connectivity index (χ0v) is 21.8. The maximum absolute atomic E-state index is 12.5. The molecule has 192 valence electrons. The molecule has 9 heteroatoms. The largest absolute Gasteiger partial charge is 0.457 e. The van der Waals surface area contributed by atoms with E-state index < -0.39 is 6.09 Å². The molecule has 0 radical (unpaired) electrons. The van der Waals surface area contributed by atoms with Crippen LogP contribution in [0.3, 0.4) is 0 Å². The van der Waals surface area contributed by atoms with Crippen LogP contribution in [0.15, 0.2) is 66.4 Å². The van der Waals surface area contributed by atoms with E-state index in [0.717, 1.165) is 22.7 Å². The monoisotopic (exact) mass is 500 g/mol. The van der Waals surface area contributed by atoms with Crippen molar-refractivity contribution in [3.8, 4) is 17.6 Å². The van der Waals surface area contributed by atoms with Crippen LogP contribution >= 0.6 is 0 Å². The summed E-state index contributed by atoms with van der Waals surface area (Å²) in [6.45, 7) is 6.48. The highest BCUT2D eigenvalue weighted by Gasteiger charge is 2.26. The average Bonchev–Trinajstić information content (AvgIpc) is 3.20. The fourth-order valence-corrected chi connectivity index (χ4v) is 3.68. The molecule has 0 bridgehead atoms. The number of rotatable bonds is 8. The first-order valence-corrected chi connectivity index (χ1v) is 12.0. The molecule has 0 fully saturated rings. The first-order chi connectivity index (χ1) is 17.7. The Hall–Kier alpha value is -4.42. The summed E-state index contributed by atoms with van der Waals surface area (Å²) >= 11 is 0. The van der Waals surface area contributed by atoms with Gasteiger partial charge >= 0.3 is 6.09 Å². The molecule has 9 nitrogen and oxygen atoms in total. The van der Waals surface area contributed by atoms with Crippen molar-refractivity contribution in [2.24, 2.45) is 0 Å². The van der Waals surface area contributed by atoms with Gasteiger partial charge in [0.15, 0.2) is 0 Å². The first-order valence-electron chi connectivity index (χ1n) is 12.0. The Morgan fingerprint density at radius 1 is 1.14 bits per heavy atom. The summed E-state index contributed by atoms with van der Waals surface area (Å²) in [6.07, 6.45) is 1.25. The van der Waals surface area contributed by atoms with Crippen LogP contribution in [-0.2, 0) is 4.74 Å². The lowest BCUT2D eigenvalue weighted by Gasteiger charge is -2.31. The van der Waals surface area contributed by atoms with Gasteiger partial charge in [0.1, 0.15) is 18.1 Å². The Morgan fingerprint density at radius 2 is 1.81 bits per heavy atom. The maximum atomic E-state index is 12.5. The molecule has 3 N–H and O–H groups in total. The van der Waals surface area contributed by atoms with E-state index >= 15 is 0 Å². The molecule has 4 rings (SSSR count). The predicted octanol–water partition coefficient (Wildman–Crippen LogP) is 5.38. The smallest absolute Gasteiger partial charge is 0.411 e. The van der Waals surface area contributed by atoms with E-state index in [1.54, 1.807) is 6.20 Å². The molecule has 1 aliphatic rings. The summed E-state index contributed by atoms with van der Waals surface area (Å²) in [4.78, 5) is 14.5. The van der Waals surface area contributed by atoms with Gasteiger partial charge in [-0.1, -0.05) is 18.2 Å². The number of benzene rings is 2. The van der Waals surface area contributed by atoms with Crippen molar-refractivity contribution in [2.75, 3.05) is 43.3 Å². The van der Waals surface area contributed by atoms with E-state index in [1.807, 2.05) is 99.0 Å². The Kier molecular flexibility index (Phi) is 7.41. The second-order valence-corrected chi connectivity index (χ2v) is 9.66. The third-order valence-electron chi connectivity index (χ3n) is 6.46. The second kappa shape index (κ2) is 10.7. The number of nitrogens with one attached hydrogen (secondary N) is 3. The van der Waals surface area contributed by atoms with Crippen molar-refractivity contribution >= 4 is 23.2 Å². The molecule has 1 aliphatic heterocycles. The highest BCUT2D eigenvalue weighted by Crippen LogP contribution is 2.33. The van der Waals surface area contributed by atoms with Gasteiger partial charge in [-0.05, 0) is 71.3 Å². The number of hydrogen-bond acceptors (Lipinski definition) is 7. The van der Waals surface area contributed by atoms with E-state index in [-0.39, 0.29) is 12.1 Å². The molecule has 2 aromatic carbocycles. The fraction of sp³-hybridized carbons (Fsp3) is 0.286. The number of hydrogen-bond donors (Lipinski definition) is 3. The number of aromatic nitrogens is 1. The number of ether oxygens (including phenoxy) is 2. The lowest BCUT2D eigenvalue weighted by atomic mass is 10.1. The molecule has 3 aromatic rings. The van der Waals surface area contributed by atoms with Gasteiger partial charge < -0.3 is 25.1 Å². The van der Waals surface area contributed by atoms with E-state index in [4.69, 9.17) is 9.47 Å². The van der Waals surface area contributed by atoms with Crippen LogP contribution in [0.2, 0.25) is 0 Å². The van der Waals surface area contributed by atoms with Crippen LogP contribution in [-0.4, -0.2) is 48.5 Å². The fourth-order valence-electron chi connectivity index (χ4n) is 3.68. The predicted molar refractivity (Wildman–Crippen MR) is 145 cm³/mol. The third kappa shape index (κ3) is 5.88. The van der Waals surface area contributed by atoms with E-state index in [2.05, 4.69) is 22.1 Å². The van der Waals surface area contributed by atoms with Gasteiger partial charge in [0, 0.05) is 16.8 Å². The summed E-state index contributed by atoms with van der Waals surface area (Å²) in [7, 11) is 3.88. The molecule has 1 aromatic heterocycles. The second-order valence-electron chi connectivity index (χ2n) is 9.66. The lowest BCUT2D eigenvalue weighted by Crippen LogP contribution is -2.43. The van der Waals surface area contributed by atoms with E-state index in [0.29, 0.717) is 29.3 Å². The normalized spacial score (nSPS) is 12.9. The molecule has 0 unspecified atom stereocenters. The van der Waals surface area contributed by atoms with Crippen LogP contribution < -0.4 is 20.8 Å². The van der Waals surface area contributed by atoms with Crippen LogP contribution in [0.1, 0.15) is 25.1 Å². The van der Waals surface area contributed by atoms with Gasteiger partial charge in [0.05, 0.1) is 41.5 Å². The number of amides is 1. The molecule has 0 saturated carbocycles. The van der Waals surface area contributed by atoms with Crippen molar-refractivity contribution < 1.29 is 14.3 Å². The molecule has 2 heterocycles. The third-order valence-corrected chi connectivity index (χ3v) is 6.46. The highest BCUT2D eigenvalue weighted by molar-refractivity contribution is 5.90. The van der Waals surface area contributed by atoms with Crippen molar-refractivity contribution in [3.63, 3.8) is 0 Å². The van der Waals surface area contributed by atoms with Gasteiger partial charge in [-0.15, -0.1) is 0 Å². The molecule has 1 amide bonds. The minimum atomic E-state index is -0.533. The number of para-hydroxylation sites is 1. The van der Waals surface area contributed by atoms with Gasteiger partial charge in [-0.2, -0.15) is 5.26 Å². The van der Waals surface area contributed by atoms with Gasteiger partial charge in [-0.3, -0.25) is 9.99 Å². The number of anilines is 2. The summed E-state index contributed by atoms with van der Waals surface area (Å²) in [5.74, 6) is 1.46. The molecular formula is C28H32N6O3.